The largest absolute Gasteiger partial charge is 0.483 e. The zero-order valence-electron chi connectivity index (χ0n) is 22.6. The molecule has 2 N–H and O–H groups in total. The van der Waals surface area contributed by atoms with E-state index in [9.17, 15) is 4.79 Å². The van der Waals surface area contributed by atoms with Crippen LogP contribution >= 0.6 is 11.6 Å². The summed E-state index contributed by atoms with van der Waals surface area (Å²) in [5, 5.41) is 19.6. The minimum atomic E-state index is -0.380. The minimum Gasteiger partial charge on any atom is -0.483 e. The molecule has 0 unspecified atom stereocenters. The zero-order chi connectivity index (χ0) is 29.7. The molecule has 216 valence electrons. The fraction of sp³-hybridized carbons (Fsp3) is 0.172. The number of aromatic nitrogens is 6. The molecule has 1 amide bonds. The number of carbonyl (C=O) groups excluding carboxylic acids is 1. The summed E-state index contributed by atoms with van der Waals surface area (Å²) in [6.45, 7) is 1.70. The van der Waals surface area contributed by atoms with Crippen LogP contribution in [0.1, 0.15) is 10.5 Å². The molecule has 12 nitrogen and oxygen atoms in total. The van der Waals surface area contributed by atoms with Gasteiger partial charge >= 0.3 is 0 Å². The van der Waals surface area contributed by atoms with Gasteiger partial charge in [0.1, 0.15) is 11.4 Å². The number of nitrogens with zero attached hydrogens (tertiary/aromatic N) is 6. The van der Waals surface area contributed by atoms with Gasteiger partial charge in [-0.3, -0.25) is 24.2 Å². The molecule has 4 aromatic heterocycles. The maximum Gasteiger partial charge on any atom is 0.290 e. The first kappa shape index (κ1) is 30.1. The summed E-state index contributed by atoms with van der Waals surface area (Å²) in [6, 6.07) is 16.5. The number of benzene rings is 1. The number of anilines is 1. The summed E-state index contributed by atoms with van der Waals surface area (Å²) in [6.07, 6.45) is 8.56. The molecule has 13 heteroatoms. The monoisotopic (exact) mass is 589 g/mol. The highest BCUT2D eigenvalue weighted by molar-refractivity contribution is 6.30. The Morgan fingerprint density at radius 2 is 1.88 bits per heavy atom. The normalized spacial score (nSPS) is 10.5. The summed E-state index contributed by atoms with van der Waals surface area (Å²) >= 11 is 6.14. The molecule has 0 saturated carbocycles. The van der Waals surface area contributed by atoms with Crippen LogP contribution in [0.5, 0.6) is 0 Å². The standard InChI is InChI=1S/C28H26ClN7O3.CH2O2/c1-38-14-15-39-13-12-35-19-25(27(34-35)24-9-2-3-10-30-24)33-28(37)26-23(8-5-11-31-26)20-17-32-36(18-20)22-7-4-6-21(29)16-22;2-1-3/h2-11,16-19H,12-15H2,1H3,(H,33,37);1H,(H,2,3). The third-order valence-electron chi connectivity index (χ3n) is 5.80. The zero-order valence-corrected chi connectivity index (χ0v) is 23.4. The second-order valence-corrected chi connectivity index (χ2v) is 9.02. The summed E-state index contributed by atoms with van der Waals surface area (Å²) in [5.74, 6) is -0.380. The summed E-state index contributed by atoms with van der Waals surface area (Å²) in [7, 11) is 1.63. The van der Waals surface area contributed by atoms with Crippen molar-refractivity contribution in [3.05, 3.63) is 96.3 Å². The highest BCUT2D eigenvalue weighted by Crippen LogP contribution is 2.28. The fourth-order valence-corrected chi connectivity index (χ4v) is 4.13. The van der Waals surface area contributed by atoms with Gasteiger partial charge in [-0.15, -0.1) is 0 Å². The Bertz CT molecular complexity index is 1610. The number of amides is 1. The van der Waals surface area contributed by atoms with Crippen molar-refractivity contribution in [3.8, 4) is 28.2 Å². The minimum absolute atomic E-state index is 0.250. The highest BCUT2D eigenvalue weighted by atomic mass is 35.5. The van der Waals surface area contributed by atoms with E-state index in [-0.39, 0.29) is 18.1 Å². The van der Waals surface area contributed by atoms with E-state index in [0.717, 1.165) is 11.3 Å². The second kappa shape index (κ2) is 15.2. The van der Waals surface area contributed by atoms with Gasteiger partial charge in [0.05, 0.1) is 49.6 Å². The van der Waals surface area contributed by atoms with Crippen molar-refractivity contribution in [2.45, 2.75) is 6.54 Å². The Morgan fingerprint density at radius 3 is 2.64 bits per heavy atom. The van der Waals surface area contributed by atoms with Gasteiger partial charge in [-0.05, 0) is 36.4 Å². The Morgan fingerprint density at radius 1 is 1.05 bits per heavy atom. The number of pyridine rings is 2. The molecule has 0 atom stereocenters. The van der Waals surface area contributed by atoms with E-state index in [1.807, 2.05) is 48.7 Å². The molecule has 5 rings (SSSR count). The molecule has 0 aliphatic carbocycles. The van der Waals surface area contributed by atoms with Crippen LogP contribution in [0, 0.1) is 0 Å². The van der Waals surface area contributed by atoms with E-state index < -0.39 is 0 Å². The number of rotatable bonds is 11. The van der Waals surface area contributed by atoms with E-state index in [4.69, 9.17) is 31.0 Å². The SMILES string of the molecule is COCCOCCn1cc(NC(=O)c2ncccc2-c2cnn(-c3cccc(Cl)c3)c2)c(-c2ccccn2)n1.O=CO. The van der Waals surface area contributed by atoms with Crippen molar-refractivity contribution in [3.63, 3.8) is 0 Å². The molecular formula is C29H28ClN7O5. The van der Waals surface area contributed by atoms with Gasteiger partial charge in [0.25, 0.3) is 12.4 Å². The van der Waals surface area contributed by atoms with E-state index in [0.29, 0.717) is 54.0 Å². The van der Waals surface area contributed by atoms with E-state index in [1.54, 1.807) is 53.4 Å². The van der Waals surface area contributed by atoms with Crippen LogP contribution in [-0.4, -0.2) is 73.9 Å². The lowest BCUT2D eigenvalue weighted by atomic mass is 10.1. The molecule has 0 aliphatic rings. The Labute approximate surface area is 246 Å². The van der Waals surface area contributed by atoms with E-state index in [2.05, 4.69) is 25.5 Å². The smallest absolute Gasteiger partial charge is 0.290 e. The highest BCUT2D eigenvalue weighted by Gasteiger charge is 2.20. The first-order valence-corrected chi connectivity index (χ1v) is 13.1. The topological polar surface area (TPSA) is 146 Å². The molecule has 0 radical (unpaired) electrons. The van der Waals surface area contributed by atoms with Gasteiger partial charge in [0.2, 0.25) is 0 Å². The van der Waals surface area contributed by atoms with Gasteiger partial charge < -0.3 is 19.9 Å². The predicted octanol–water partition coefficient (Wildman–Crippen LogP) is 4.46. The van der Waals surface area contributed by atoms with E-state index >= 15 is 0 Å². The third kappa shape index (κ3) is 7.85. The van der Waals surface area contributed by atoms with Gasteiger partial charge in [0, 0.05) is 48.0 Å². The average molecular weight is 590 g/mol. The number of hydrogen-bond donors (Lipinski definition) is 2. The molecule has 0 spiro atoms. The van der Waals surface area contributed by atoms with Crippen molar-refractivity contribution in [1.29, 1.82) is 0 Å². The molecule has 42 heavy (non-hydrogen) atoms. The quantitative estimate of drug-likeness (QED) is 0.168. The van der Waals surface area contributed by atoms with E-state index in [1.165, 1.54) is 0 Å². The molecule has 0 fully saturated rings. The van der Waals surface area contributed by atoms with Crippen LogP contribution in [0.15, 0.2) is 85.6 Å². The maximum atomic E-state index is 13.5. The average Bonchev–Trinajstić information content (AvgIpc) is 3.66. The van der Waals surface area contributed by atoms with Crippen molar-refractivity contribution >= 4 is 29.7 Å². The van der Waals surface area contributed by atoms with Crippen molar-refractivity contribution in [2.24, 2.45) is 0 Å². The first-order valence-electron chi connectivity index (χ1n) is 12.7. The second-order valence-electron chi connectivity index (χ2n) is 8.59. The number of halogens is 1. The van der Waals surface area contributed by atoms with Crippen LogP contribution in [0.3, 0.4) is 0 Å². The maximum absolute atomic E-state index is 13.5. The van der Waals surface area contributed by atoms with Crippen LogP contribution in [0.25, 0.3) is 28.2 Å². The third-order valence-corrected chi connectivity index (χ3v) is 6.04. The fourth-order valence-electron chi connectivity index (χ4n) is 3.94. The predicted molar refractivity (Wildman–Crippen MR) is 157 cm³/mol. The lowest BCUT2D eigenvalue weighted by Gasteiger charge is -2.08. The Balaban J connectivity index is 0.00000129. The number of methoxy groups -OCH3 is 1. The van der Waals surface area contributed by atoms with Gasteiger partial charge in [0.15, 0.2) is 0 Å². The lowest BCUT2D eigenvalue weighted by Crippen LogP contribution is -2.15. The molecule has 0 bridgehead atoms. The van der Waals surface area contributed by atoms with Crippen LogP contribution < -0.4 is 5.32 Å². The molecule has 4 heterocycles. The Hall–Kier alpha value is -4.91. The van der Waals surface area contributed by atoms with Crippen molar-refractivity contribution < 1.29 is 24.2 Å². The number of hydrogen-bond acceptors (Lipinski definition) is 8. The molecule has 0 aliphatic heterocycles. The summed E-state index contributed by atoms with van der Waals surface area (Å²) in [4.78, 5) is 30.7. The number of carbonyl (C=O) groups is 2. The van der Waals surface area contributed by atoms with Gasteiger partial charge in [-0.25, -0.2) is 4.68 Å². The summed E-state index contributed by atoms with van der Waals surface area (Å²) in [5.41, 5.74) is 4.14. The summed E-state index contributed by atoms with van der Waals surface area (Å²) < 4.78 is 14.0. The number of ether oxygens (including phenoxy) is 2. The first-order chi connectivity index (χ1) is 20.5. The number of nitrogens with one attached hydrogen (secondary N) is 1. The lowest BCUT2D eigenvalue weighted by molar-refractivity contribution is -0.122. The van der Waals surface area contributed by atoms with Crippen molar-refractivity contribution in [2.75, 3.05) is 32.2 Å². The molecule has 0 saturated heterocycles. The number of carboxylic acid groups (broad SMARTS) is 1. The van der Waals surface area contributed by atoms with Gasteiger partial charge in [-0.1, -0.05) is 29.8 Å². The van der Waals surface area contributed by atoms with Crippen LogP contribution in [0.2, 0.25) is 5.02 Å². The van der Waals surface area contributed by atoms with Gasteiger partial charge in [-0.2, -0.15) is 10.2 Å². The van der Waals surface area contributed by atoms with Crippen molar-refractivity contribution in [1.82, 2.24) is 29.5 Å². The van der Waals surface area contributed by atoms with Crippen LogP contribution in [0.4, 0.5) is 5.69 Å². The molecule has 5 aromatic rings. The van der Waals surface area contributed by atoms with Crippen LogP contribution in [-0.2, 0) is 20.8 Å². The molecule has 1 aromatic carbocycles. The molecular weight excluding hydrogens is 562 g/mol. The Kier molecular flexibility index (Phi) is 10.9.